The number of hydrogen-bond acceptors (Lipinski definition) is 4. The van der Waals surface area contributed by atoms with Crippen LogP contribution in [0.15, 0.2) is 23.1 Å². The third-order valence-corrected chi connectivity index (χ3v) is 1.65. The summed E-state index contributed by atoms with van der Waals surface area (Å²) in [7, 11) is 0. The van der Waals surface area contributed by atoms with Gasteiger partial charge in [-0.25, -0.2) is 4.98 Å². The van der Waals surface area contributed by atoms with Crippen LogP contribution >= 0.6 is 0 Å². The first-order valence-corrected chi connectivity index (χ1v) is 3.92. The SMILES string of the molecule is O=C(O)Cc1cc(-c2cnc[nH]2)on1. The quantitative estimate of drug-likeness (QED) is 0.748. The lowest BCUT2D eigenvalue weighted by Gasteiger charge is -1.84. The molecule has 2 aromatic heterocycles. The highest BCUT2D eigenvalue weighted by Gasteiger charge is 2.09. The van der Waals surface area contributed by atoms with E-state index in [1.54, 1.807) is 12.3 Å². The molecule has 0 atom stereocenters. The van der Waals surface area contributed by atoms with Gasteiger partial charge in [0.25, 0.3) is 0 Å². The highest BCUT2D eigenvalue weighted by atomic mass is 16.5. The third-order valence-electron chi connectivity index (χ3n) is 1.65. The molecule has 6 heteroatoms. The van der Waals surface area contributed by atoms with Gasteiger partial charge in [0.15, 0.2) is 5.76 Å². The number of nitrogens with one attached hydrogen (secondary N) is 1. The predicted octanol–water partition coefficient (Wildman–Crippen LogP) is 0.692. The molecule has 0 aliphatic carbocycles. The van der Waals surface area contributed by atoms with E-state index in [1.165, 1.54) is 6.33 Å². The van der Waals surface area contributed by atoms with E-state index in [4.69, 9.17) is 9.63 Å². The molecule has 0 spiro atoms. The molecule has 0 radical (unpaired) electrons. The van der Waals surface area contributed by atoms with Gasteiger partial charge in [-0.1, -0.05) is 5.16 Å². The van der Waals surface area contributed by atoms with Crippen molar-refractivity contribution in [3.05, 3.63) is 24.3 Å². The number of imidazole rings is 1. The van der Waals surface area contributed by atoms with E-state index in [0.29, 0.717) is 17.1 Å². The van der Waals surface area contributed by atoms with Gasteiger partial charge in [-0.2, -0.15) is 0 Å². The van der Waals surface area contributed by atoms with E-state index in [2.05, 4.69) is 15.1 Å². The number of carbonyl (C=O) groups is 1. The predicted molar refractivity (Wildman–Crippen MR) is 45.4 cm³/mol. The molecule has 2 N–H and O–H groups in total. The van der Waals surface area contributed by atoms with Crippen LogP contribution in [0.25, 0.3) is 11.5 Å². The monoisotopic (exact) mass is 193 g/mol. The number of nitrogens with zero attached hydrogens (tertiary/aromatic N) is 2. The van der Waals surface area contributed by atoms with Crippen LogP contribution in [-0.2, 0) is 11.2 Å². The fourth-order valence-electron chi connectivity index (χ4n) is 1.07. The molecule has 0 bridgehead atoms. The van der Waals surface area contributed by atoms with Gasteiger partial charge in [0.2, 0.25) is 0 Å². The summed E-state index contributed by atoms with van der Waals surface area (Å²) < 4.78 is 4.93. The van der Waals surface area contributed by atoms with Crippen molar-refractivity contribution in [1.82, 2.24) is 15.1 Å². The van der Waals surface area contributed by atoms with Crippen molar-refractivity contribution in [3.63, 3.8) is 0 Å². The fraction of sp³-hybridized carbons (Fsp3) is 0.125. The zero-order chi connectivity index (χ0) is 9.97. The van der Waals surface area contributed by atoms with Crippen LogP contribution in [0, 0.1) is 0 Å². The molecule has 0 aromatic carbocycles. The number of aromatic amines is 1. The van der Waals surface area contributed by atoms with E-state index >= 15 is 0 Å². The maximum atomic E-state index is 10.4. The van der Waals surface area contributed by atoms with Crippen LogP contribution in [0.3, 0.4) is 0 Å². The molecule has 0 saturated carbocycles. The average molecular weight is 193 g/mol. The Balaban J connectivity index is 2.22. The van der Waals surface area contributed by atoms with Crippen molar-refractivity contribution < 1.29 is 14.4 Å². The van der Waals surface area contributed by atoms with Crippen LogP contribution in [-0.4, -0.2) is 26.2 Å². The van der Waals surface area contributed by atoms with Crippen molar-refractivity contribution >= 4 is 5.97 Å². The van der Waals surface area contributed by atoms with Crippen molar-refractivity contribution in [2.75, 3.05) is 0 Å². The van der Waals surface area contributed by atoms with Gasteiger partial charge in [0.05, 0.1) is 24.6 Å². The zero-order valence-electron chi connectivity index (χ0n) is 7.10. The number of H-pyrrole nitrogens is 1. The lowest BCUT2D eigenvalue weighted by atomic mass is 10.2. The number of rotatable bonds is 3. The van der Waals surface area contributed by atoms with Crippen molar-refractivity contribution in [1.29, 1.82) is 0 Å². The first-order chi connectivity index (χ1) is 6.75. The molecule has 0 saturated heterocycles. The van der Waals surface area contributed by atoms with Crippen LogP contribution < -0.4 is 0 Å². The van der Waals surface area contributed by atoms with E-state index in [-0.39, 0.29) is 6.42 Å². The molecule has 0 unspecified atom stereocenters. The summed E-state index contributed by atoms with van der Waals surface area (Å²) in [6.45, 7) is 0. The summed E-state index contributed by atoms with van der Waals surface area (Å²) >= 11 is 0. The van der Waals surface area contributed by atoms with Crippen LogP contribution in [0.4, 0.5) is 0 Å². The normalized spacial score (nSPS) is 10.3. The Kier molecular flexibility index (Phi) is 2.02. The second-order valence-electron chi connectivity index (χ2n) is 2.72. The number of hydrogen-bond donors (Lipinski definition) is 2. The van der Waals surface area contributed by atoms with Gasteiger partial charge in [0.1, 0.15) is 5.69 Å². The Morgan fingerprint density at radius 1 is 1.64 bits per heavy atom. The van der Waals surface area contributed by atoms with Crippen LogP contribution in [0.2, 0.25) is 0 Å². The van der Waals surface area contributed by atoms with Gasteiger partial charge < -0.3 is 14.6 Å². The Hall–Kier alpha value is -2.11. The lowest BCUT2D eigenvalue weighted by molar-refractivity contribution is -0.136. The molecule has 0 aliphatic heterocycles. The molecule has 2 aromatic rings. The summed E-state index contributed by atoms with van der Waals surface area (Å²) in [6.07, 6.45) is 2.94. The Bertz CT molecular complexity index is 432. The number of carboxylic acid groups (broad SMARTS) is 1. The Labute approximate surface area is 78.6 Å². The largest absolute Gasteiger partial charge is 0.481 e. The molecule has 2 rings (SSSR count). The molecule has 2 heterocycles. The average Bonchev–Trinajstić information content (AvgIpc) is 2.69. The second-order valence-corrected chi connectivity index (χ2v) is 2.72. The third kappa shape index (κ3) is 1.63. The molecular formula is C8H7N3O3. The second kappa shape index (κ2) is 3.33. The minimum absolute atomic E-state index is 0.141. The van der Waals surface area contributed by atoms with Crippen molar-refractivity contribution in [3.8, 4) is 11.5 Å². The molecule has 0 amide bonds. The van der Waals surface area contributed by atoms with Crippen molar-refractivity contribution in [2.24, 2.45) is 0 Å². The first kappa shape index (κ1) is 8.49. The van der Waals surface area contributed by atoms with Crippen LogP contribution in [0.1, 0.15) is 5.69 Å². The van der Waals surface area contributed by atoms with Gasteiger partial charge >= 0.3 is 5.97 Å². The van der Waals surface area contributed by atoms with Gasteiger partial charge in [0, 0.05) is 6.07 Å². The van der Waals surface area contributed by atoms with Crippen molar-refractivity contribution in [2.45, 2.75) is 6.42 Å². The fourth-order valence-corrected chi connectivity index (χ4v) is 1.07. The zero-order valence-corrected chi connectivity index (χ0v) is 7.10. The lowest BCUT2D eigenvalue weighted by Crippen LogP contribution is -1.99. The van der Waals surface area contributed by atoms with E-state index in [0.717, 1.165) is 0 Å². The first-order valence-electron chi connectivity index (χ1n) is 3.92. The summed E-state index contributed by atoms with van der Waals surface area (Å²) in [5.41, 5.74) is 1.07. The number of carboxylic acids is 1. The summed E-state index contributed by atoms with van der Waals surface area (Å²) in [6, 6.07) is 1.57. The maximum Gasteiger partial charge on any atom is 0.309 e. The molecule has 6 nitrogen and oxygen atoms in total. The molecular weight excluding hydrogens is 186 g/mol. The van der Waals surface area contributed by atoms with E-state index < -0.39 is 5.97 Å². The van der Waals surface area contributed by atoms with Gasteiger partial charge in [-0.05, 0) is 0 Å². The van der Waals surface area contributed by atoms with E-state index in [1.807, 2.05) is 0 Å². The minimum atomic E-state index is -0.936. The smallest absolute Gasteiger partial charge is 0.309 e. The maximum absolute atomic E-state index is 10.4. The van der Waals surface area contributed by atoms with E-state index in [9.17, 15) is 4.79 Å². The highest BCUT2D eigenvalue weighted by Crippen LogP contribution is 2.16. The number of aliphatic carboxylic acids is 1. The summed E-state index contributed by atoms with van der Waals surface area (Å²) in [5.74, 6) is -0.451. The molecule has 72 valence electrons. The number of aromatic nitrogens is 3. The topological polar surface area (TPSA) is 92.0 Å². The summed E-state index contributed by atoms with van der Waals surface area (Å²) in [5, 5.41) is 12.1. The molecule has 0 aliphatic rings. The molecule has 0 fully saturated rings. The summed E-state index contributed by atoms with van der Waals surface area (Å²) in [4.78, 5) is 17.0. The van der Waals surface area contributed by atoms with Crippen LogP contribution in [0.5, 0.6) is 0 Å². The molecule has 14 heavy (non-hydrogen) atoms. The van der Waals surface area contributed by atoms with Gasteiger partial charge in [-0.15, -0.1) is 0 Å². The minimum Gasteiger partial charge on any atom is -0.481 e. The standard InChI is InChI=1S/C8H7N3O3/c12-8(13)2-5-1-7(14-11-5)6-3-9-4-10-6/h1,3-4H,2H2,(H,9,10)(H,12,13). The van der Waals surface area contributed by atoms with Gasteiger partial charge in [-0.3, -0.25) is 4.79 Å². The Morgan fingerprint density at radius 3 is 3.14 bits per heavy atom. The Morgan fingerprint density at radius 2 is 2.50 bits per heavy atom. The highest BCUT2D eigenvalue weighted by molar-refractivity contribution is 5.70.